The van der Waals surface area contributed by atoms with Gasteiger partial charge in [0.05, 0.1) is 0 Å². The van der Waals surface area contributed by atoms with Crippen molar-refractivity contribution in [2.75, 3.05) is 20.1 Å². The maximum Gasteiger partial charge on any atom is 0.0270 e. The van der Waals surface area contributed by atoms with Crippen LogP contribution in [0.2, 0.25) is 0 Å². The van der Waals surface area contributed by atoms with Gasteiger partial charge in [-0.2, -0.15) is 0 Å². The zero-order valence-corrected chi connectivity index (χ0v) is 11.3. The summed E-state index contributed by atoms with van der Waals surface area (Å²) in [4.78, 5) is 6.33. The lowest BCUT2D eigenvalue weighted by atomic mass is 10.0. The number of nitrogens with zero attached hydrogens (tertiary/aromatic N) is 2. The highest BCUT2D eigenvalue weighted by molar-refractivity contribution is 5.09. The fourth-order valence-corrected chi connectivity index (χ4v) is 2.04. The Bertz CT molecular complexity index is 298. The topological polar surface area (TPSA) is 42.1 Å². The number of pyridine rings is 1. The second-order valence-corrected chi connectivity index (χ2v) is 5.26. The lowest BCUT2D eigenvalue weighted by Gasteiger charge is -2.22. The average Bonchev–Trinajstić information content (AvgIpc) is 2.26. The minimum Gasteiger partial charge on any atom is -0.327 e. The van der Waals surface area contributed by atoms with E-state index < -0.39 is 0 Å². The molecule has 0 amide bonds. The molecule has 0 radical (unpaired) electrons. The molecule has 96 valence electrons. The molecule has 0 fully saturated rings. The largest absolute Gasteiger partial charge is 0.327 e. The van der Waals surface area contributed by atoms with E-state index in [2.05, 4.69) is 42.9 Å². The molecule has 1 rings (SSSR count). The van der Waals surface area contributed by atoms with Crippen molar-refractivity contribution in [1.29, 1.82) is 0 Å². The Balaban J connectivity index is 2.23. The van der Waals surface area contributed by atoms with Gasteiger partial charge in [0.2, 0.25) is 0 Å². The Hall–Kier alpha value is -0.930. The number of hydrogen-bond acceptors (Lipinski definition) is 3. The lowest BCUT2D eigenvalue weighted by Crippen LogP contribution is -2.37. The molecule has 0 aliphatic rings. The van der Waals surface area contributed by atoms with Crippen LogP contribution in [0.1, 0.15) is 25.8 Å². The first-order valence-electron chi connectivity index (χ1n) is 6.41. The molecular weight excluding hydrogens is 210 g/mol. The van der Waals surface area contributed by atoms with Crippen molar-refractivity contribution in [2.24, 2.45) is 11.7 Å². The van der Waals surface area contributed by atoms with Crippen LogP contribution in [0.25, 0.3) is 0 Å². The third kappa shape index (κ3) is 6.39. The summed E-state index contributed by atoms with van der Waals surface area (Å²) < 4.78 is 0. The third-order valence-electron chi connectivity index (χ3n) is 2.85. The van der Waals surface area contributed by atoms with E-state index in [1.165, 1.54) is 5.56 Å². The second kappa shape index (κ2) is 7.41. The van der Waals surface area contributed by atoms with Gasteiger partial charge >= 0.3 is 0 Å². The van der Waals surface area contributed by atoms with Gasteiger partial charge in [-0.15, -0.1) is 0 Å². The summed E-state index contributed by atoms with van der Waals surface area (Å²) in [5, 5.41) is 0. The summed E-state index contributed by atoms with van der Waals surface area (Å²) in [6.07, 6.45) is 5.85. The van der Waals surface area contributed by atoms with Crippen LogP contribution in [-0.4, -0.2) is 36.1 Å². The molecule has 3 nitrogen and oxygen atoms in total. The highest BCUT2D eigenvalue weighted by atomic mass is 15.1. The van der Waals surface area contributed by atoms with E-state index >= 15 is 0 Å². The van der Waals surface area contributed by atoms with Crippen molar-refractivity contribution in [2.45, 2.75) is 32.7 Å². The summed E-state index contributed by atoms with van der Waals surface area (Å²) in [5.74, 6) is 0.679. The molecule has 0 aliphatic carbocycles. The van der Waals surface area contributed by atoms with Crippen LogP contribution in [0.15, 0.2) is 24.5 Å². The van der Waals surface area contributed by atoms with Gasteiger partial charge in [-0.1, -0.05) is 13.8 Å². The molecule has 1 aromatic heterocycles. The Morgan fingerprint density at radius 1 is 1.29 bits per heavy atom. The molecule has 0 bridgehead atoms. The van der Waals surface area contributed by atoms with E-state index in [0.717, 1.165) is 25.9 Å². The van der Waals surface area contributed by atoms with Crippen LogP contribution in [0.3, 0.4) is 0 Å². The number of rotatable bonds is 7. The van der Waals surface area contributed by atoms with Gasteiger partial charge in [-0.3, -0.25) is 4.98 Å². The molecule has 0 aliphatic heterocycles. The van der Waals surface area contributed by atoms with E-state index in [1.54, 1.807) is 0 Å². The first-order valence-corrected chi connectivity index (χ1v) is 6.41. The summed E-state index contributed by atoms with van der Waals surface area (Å²) in [6, 6.07) is 4.43. The van der Waals surface area contributed by atoms with Crippen LogP contribution >= 0.6 is 0 Å². The fourth-order valence-electron chi connectivity index (χ4n) is 2.04. The molecule has 1 aromatic rings. The first kappa shape index (κ1) is 14.1. The van der Waals surface area contributed by atoms with Crippen molar-refractivity contribution < 1.29 is 0 Å². The van der Waals surface area contributed by atoms with E-state index in [0.29, 0.717) is 5.92 Å². The maximum absolute atomic E-state index is 6.09. The van der Waals surface area contributed by atoms with Crippen LogP contribution in [0.5, 0.6) is 0 Å². The van der Waals surface area contributed by atoms with Crippen molar-refractivity contribution in [3.63, 3.8) is 0 Å². The van der Waals surface area contributed by atoms with Crippen molar-refractivity contribution in [3.05, 3.63) is 30.1 Å². The monoisotopic (exact) mass is 235 g/mol. The Morgan fingerprint density at radius 3 is 2.53 bits per heavy atom. The van der Waals surface area contributed by atoms with Gasteiger partial charge < -0.3 is 10.6 Å². The molecular formula is C14H25N3. The molecule has 17 heavy (non-hydrogen) atoms. The number of hydrogen-bond donors (Lipinski definition) is 1. The van der Waals surface area contributed by atoms with E-state index in [1.807, 2.05) is 12.4 Å². The lowest BCUT2D eigenvalue weighted by molar-refractivity contribution is 0.297. The third-order valence-corrected chi connectivity index (χ3v) is 2.85. The molecule has 3 heteroatoms. The number of nitrogens with two attached hydrogens (primary N) is 1. The van der Waals surface area contributed by atoms with E-state index in [9.17, 15) is 0 Å². The molecule has 0 saturated carbocycles. The molecule has 0 spiro atoms. The standard InChI is InChI=1S/C14H25N3/c1-12(2)10-14(15)11-17(3)9-6-13-4-7-16-8-5-13/h4-5,7-8,12,14H,6,9-11,15H2,1-3H3. The predicted octanol–water partition coefficient (Wildman–Crippen LogP) is 1.93. The van der Waals surface area contributed by atoms with Gasteiger partial charge in [-0.25, -0.2) is 0 Å². The van der Waals surface area contributed by atoms with E-state index in [4.69, 9.17) is 5.73 Å². The molecule has 1 heterocycles. The summed E-state index contributed by atoms with van der Waals surface area (Å²) in [6.45, 7) is 6.47. The van der Waals surface area contributed by atoms with Crippen molar-refractivity contribution >= 4 is 0 Å². The Labute approximate surface area is 105 Å². The molecule has 1 atom stereocenters. The molecule has 2 N–H and O–H groups in total. The minimum absolute atomic E-state index is 0.289. The normalized spacial score (nSPS) is 13.3. The van der Waals surface area contributed by atoms with Crippen LogP contribution in [-0.2, 0) is 6.42 Å². The molecule has 0 saturated heterocycles. The Morgan fingerprint density at radius 2 is 1.94 bits per heavy atom. The van der Waals surface area contributed by atoms with Gasteiger partial charge in [-0.05, 0) is 43.5 Å². The zero-order valence-electron chi connectivity index (χ0n) is 11.3. The summed E-state index contributed by atoms with van der Waals surface area (Å²) in [5.41, 5.74) is 7.43. The Kier molecular flexibility index (Phi) is 6.16. The maximum atomic E-state index is 6.09. The number of aromatic nitrogens is 1. The zero-order chi connectivity index (χ0) is 12.7. The van der Waals surface area contributed by atoms with Gasteiger partial charge in [0, 0.05) is 31.5 Å². The quantitative estimate of drug-likeness (QED) is 0.785. The van der Waals surface area contributed by atoms with Gasteiger partial charge in [0.25, 0.3) is 0 Å². The van der Waals surface area contributed by atoms with Gasteiger partial charge in [0.15, 0.2) is 0 Å². The van der Waals surface area contributed by atoms with Crippen LogP contribution in [0.4, 0.5) is 0 Å². The first-order chi connectivity index (χ1) is 8.08. The van der Waals surface area contributed by atoms with Gasteiger partial charge in [0.1, 0.15) is 0 Å². The average molecular weight is 235 g/mol. The second-order valence-electron chi connectivity index (χ2n) is 5.26. The SMILES string of the molecule is CC(C)CC(N)CN(C)CCc1ccncc1. The smallest absolute Gasteiger partial charge is 0.0270 e. The fraction of sp³-hybridized carbons (Fsp3) is 0.643. The summed E-state index contributed by atoms with van der Waals surface area (Å²) in [7, 11) is 2.14. The molecule has 1 unspecified atom stereocenters. The van der Waals surface area contributed by atoms with Crippen LogP contribution < -0.4 is 5.73 Å². The highest BCUT2D eigenvalue weighted by Gasteiger charge is 2.08. The summed E-state index contributed by atoms with van der Waals surface area (Å²) >= 11 is 0. The highest BCUT2D eigenvalue weighted by Crippen LogP contribution is 2.04. The van der Waals surface area contributed by atoms with Crippen LogP contribution in [0, 0.1) is 5.92 Å². The minimum atomic E-state index is 0.289. The van der Waals surface area contributed by atoms with Crippen molar-refractivity contribution in [1.82, 2.24) is 9.88 Å². The van der Waals surface area contributed by atoms with Crippen molar-refractivity contribution in [3.8, 4) is 0 Å². The number of likely N-dealkylation sites (N-methyl/N-ethyl adjacent to an activating group) is 1. The van der Waals surface area contributed by atoms with E-state index in [-0.39, 0.29) is 6.04 Å². The predicted molar refractivity (Wildman–Crippen MR) is 72.9 cm³/mol. The molecule has 0 aromatic carbocycles.